The van der Waals surface area contributed by atoms with Gasteiger partial charge in [0.25, 0.3) is 0 Å². The van der Waals surface area contributed by atoms with Crippen LogP contribution in [0.4, 0.5) is 0 Å². The summed E-state index contributed by atoms with van der Waals surface area (Å²) in [7, 11) is 0. The second-order valence-electron chi connectivity index (χ2n) is 9.09. The first-order valence-corrected chi connectivity index (χ1v) is 11.8. The van der Waals surface area contributed by atoms with Gasteiger partial charge in [0.2, 0.25) is 0 Å². The van der Waals surface area contributed by atoms with Crippen LogP contribution in [0.3, 0.4) is 0 Å². The Labute approximate surface area is 186 Å². The zero-order valence-corrected chi connectivity index (χ0v) is 18.6. The minimum atomic E-state index is 0.189. The van der Waals surface area contributed by atoms with Crippen LogP contribution in [-0.2, 0) is 6.42 Å². The number of nitrogens with zero attached hydrogens (tertiary/aromatic N) is 2. The van der Waals surface area contributed by atoms with Crippen molar-refractivity contribution in [2.24, 2.45) is 5.92 Å². The Kier molecular flexibility index (Phi) is 7.66. The molecule has 4 heteroatoms. The zero-order valence-electron chi connectivity index (χ0n) is 18.6. The molecule has 1 heterocycles. The monoisotopic (exact) mass is 417 g/mol. The summed E-state index contributed by atoms with van der Waals surface area (Å²) >= 11 is 0. The quantitative estimate of drug-likeness (QED) is 0.444. The number of aryl methyl sites for hydroxylation is 1. The summed E-state index contributed by atoms with van der Waals surface area (Å²) in [5.74, 6) is 2.88. The lowest BCUT2D eigenvalue weighted by Gasteiger charge is -2.19. The molecule has 0 spiro atoms. The molecule has 0 radical (unpaired) electrons. The largest absolute Gasteiger partial charge is 0.395 e. The van der Waals surface area contributed by atoms with Crippen molar-refractivity contribution in [2.75, 3.05) is 19.7 Å². The van der Waals surface area contributed by atoms with Gasteiger partial charge >= 0.3 is 0 Å². The Bertz CT molecular complexity index is 951. The molecule has 4 rings (SSSR count). The molecule has 3 aromatic rings. The number of hydrogen-bond acceptors (Lipinski definition) is 4. The molecule has 3 atom stereocenters. The zero-order chi connectivity index (χ0) is 21.5. The van der Waals surface area contributed by atoms with Gasteiger partial charge in [0, 0.05) is 25.4 Å². The van der Waals surface area contributed by atoms with Gasteiger partial charge in [-0.15, -0.1) is 0 Å². The first-order valence-electron chi connectivity index (χ1n) is 11.8. The number of rotatable bonds is 10. The fraction of sp³-hybridized carbons (Fsp3) is 0.481. The summed E-state index contributed by atoms with van der Waals surface area (Å²) in [5.41, 5.74) is 2.80. The van der Waals surface area contributed by atoms with Gasteiger partial charge in [-0.1, -0.05) is 49.4 Å². The first-order chi connectivity index (χ1) is 15.2. The van der Waals surface area contributed by atoms with Crippen LogP contribution in [0.1, 0.15) is 67.8 Å². The normalized spacial score (nSPS) is 19.7. The van der Waals surface area contributed by atoms with Crippen molar-refractivity contribution >= 4 is 10.8 Å². The molecule has 0 unspecified atom stereocenters. The number of aliphatic hydroxyl groups excluding tert-OH is 1. The maximum Gasteiger partial charge on any atom is 0.128 e. The Morgan fingerprint density at radius 2 is 1.84 bits per heavy atom. The van der Waals surface area contributed by atoms with E-state index in [1.54, 1.807) is 0 Å². The van der Waals surface area contributed by atoms with Crippen LogP contribution in [0.15, 0.2) is 54.9 Å². The van der Waals surface area contributed by atoms with E-state index in [2.05, 4.69) is 77.1 Å². The highest BCUT2D eigenvalue weighted by Gasteiger charge is 2.28. The molecule has 2 aromatic carbocycles. The standard InChI is InChI=1S/C27H35N3O/c1-20(25-9-4-7-22-6-2-3-8-26(22)25)16-21-11-12-23(17-21)24-18-29-27(30-19-24)10-5-13-28-14-15-31/h2-4,6-9,18-21,23,28,31H,5,10-17H2,1H3/t20-,21+,23+/m0/s1. The van der Waals surface area contributed by atoms with E-state index in [0.717, 1.165) is 31.1 Å². The second kappa shape index (κ2) is 10.8. The molecule has 1 aliphatic carbocycles. The summed E-state index contributed by atoms with van der Waals surface area (Å²) in [6.45, 7) is 4.13. The minimum Gasteiger partial charge on any atom is -0.395 e. The Morgan fingerprint density at radius 1 is 1.03 bits per heavy atom. The number of aliphatic hydroxyl groups is 1. The highest BCUT2D eigenvalue weighted by Crippen LogP contribution is 2.42. The number of benzene rings is 2. The van der Waals surface area contributed by atoms with Gasteiger partial charge in [0.1, 0.15) is 5.82 Å². The Balaban J connectivity index is 1.30. The number of fused-ring (bicyclic) bond motifs is 1. The summed E-state index contributed by atoms with van der Waals surface area (Å²) in [5, 5.41) is 14.7. The third kappa shape index (κ3) is 5.69. The van der Waals surface area contributed by atoms with Crippen molar-refractivity contribution in [1.29, 1.82) is 0 Å². The summed E-state index contributed by atoms with van der Waals surface area (Å²) < 4.78 is 0. The molecule has 1 fully saturated rings. The van der Waals surface area contributed by atoms with Gasteiger partial charge in [-0.3, -0.25) is 0 Å². The molecule has 1 aliphatic rings. The maximum atomic E-state index is 8.80. The van der Waals surface area contributed by atoms with E-state index < -0.39 is 0 Å². The van der Waals surface area contributed by atoms with Crippen LogP contribution >= 0.6 is 0 Å². The van der Waals surface area contributed by atoms with Crippen LogP contribution in [0.2, 0.25) is 0 Å². The summed E-state index contributed by atoms with van der Waals surface area (Å²) in [6, 6.07) is 15.5. The average Bonchev–Trinajstić information content (AvgIpc) is 3.27. The molecule has 1 saturated carbocycles. The van der Waals surface area contributed by atoms with E-state index in [4.69, 9.17) is 5.11 Å². The third-order valence-electron chi connectivity index (χ3n) is 6.82. The van der Waals surface area contributed by atoms with Crippen LogP contribution in [0, 0.1) is 5.92 Å². The van der Waals surface area contributed by atoms with Crippen LogP contribution < -0.4 is 5.32 Å². The fourth-order valence-corrected chi connectivity index (χ4v) is 5.18. The highest BCUT2D eigenvalue weighted by molar-refractivity contribution is 5.86. The van der Waals surface area contributed by atoms with E-state index in [1.165, 1.54) is 47.6 Å². The molecule has 0 aliphatic heterocycles. The predicted octanol–water partition coefficient (Wildman–Crippen LogP) is 5.22. The molecule has 31 heavy (non-hydrogen) atoms. The molecule has 1 aromatic heterocycles. The van der Waals surface area contributed by atoms with Gasteiger partial charge in [-0.2, -0.15) is 0 Å². The van der Waals surface area contributed by atoms with Crippen molar-refractivity contribution < 1.29 is 5.11 Å². The van der Waals surface area contributed by atoms with E-state index in [0.29, 0.717) is 18.4 Å². The molecule has 0 amide bonds. The van der Waals surface area contributed by atoms with E-state index in [-0.39, 0.29) is 6.61 Å². The fourth-order valence-electron chi connectivity index (χ4n) is 5.18. The SMILES string of the molecule is C[C@@H](C[C@H]1CC[C@@H](c2cnc(CCCNCCO)nc2)C1)c1cccc2ccccc12. The topological polar surface area (TPSA) is 58.0 Å². The van der Waals surface area contributed by atoms with Crippen LogP contribution in [-0.4, -0.2) is 34.8 Å². The van der Waals surface area contributed by atoms with Gasteiger partial charge < -0.3 is 10.4 Å². The smallest absolute Gasteiger partial charge is 0.128 e. The third-order valence-corrected chi connectivity index (χ3v) is 6.82. The van der Waals surface area contributed by atoms with Gasteiger partial charge in [0.05, 0.1) is 6.61 Å². The molecular formula is C27H35N3O. The van der Waals surface area contributed by atoms with Crippen molar-refractivity contribution in [3.63, 3.8) is 0 Å². The van der Waals surface area contributed by atoms with Crippen molar-refractivity contribution in [1.82, 2.24) is 15.3 Å². The molecule has 2 N–H and O–H groups in total. The lowest BCUT2D eigenvalue weighted by atomic mass is 9.86. The Hall–Kier alpha value is -2.30. The lowest BCUT2D eigenvalue weighted by molar-refractivity contribution is 0.292. The van der Waals surface area contributed by atoms with Crippen LogP contribution in [0.5, 0.6) is 0 Å². The highest BCUT2D eigenvalue weighted by atomic mass is 16.3. The Morgan fingerprint density at radius 3 is 2.68 bits per heavy atom. The number of hydrogen-bond donors (Lipinski definition) is 2. The number of nitrogens with one attached hydrogen (secondary N) is 1. The van der Waals surface area contributed by atoms with Gasteiger partial charge in [-0.25, -0.2) is 9.97 Å². The van der Waals surface area contributed by atoms with E-state index in [1.807, 2.05) is 0 Å². The molecule has 164 valence electrons. The van der Waals surface area contributed by atoms with E-state index in [9.17, 15) is 0 Å². The molecular weight excluding hydrogens is 382 g/mol. The van der Waals surface area contributed by atoms with Gasteiger partial charge in [0.15, 0.2) is 0 Å². The maximum absolute atomic E-state index is 8.80. The van der Waals surface area contributed by atoms with Crippen molar-refractivity contribution in [3.05, 3.63) is 71.8 Å². The van der Waals surface area contributed by atoms with E-state index >= 15 is 0 Å². The first kappa shape index (κ1) is 21.9. The van der Waals surface area contributed by atoms with Gasteiger partial charge in [-0.05, 0) is 78.3 Å². The van der Waals surface area contributed by atoms with Crippen molar-refractivity contribution in [2.45, 2.75) is 57.3 Å². The second-order valence-corrected chi connectivity index (χ2v) is 9.09. The molecule has 0 bridgehead atoms. The summed E-state index contributed by atoms with van der Waals surface area (Å²) in [6.07, 6.45) is 11.1. The van der Waals surface area contributed by atoms with Crippen LogP contribution in [0.25, 0.3) is 10.8 Å². The molecule has 0 saturated heterocycles. The molecule has 4 nitrogen and oxygen atoms in total. The average molecular weight is 418 g/mol. The predicted molar refractivity (Wildman–Crippen MR) is 127 cm³/mol. The minimum absolute atomic E-state index is 0.189. The summed E-state index contributed by atoms with van der Waals surface area (Å²) in [4.78, 5) is 9.24. The van der Waals surface area contributed by atoms with Crippen molar-refractivity contribution in [3.8, 4) is 0 Å². The number of aromatic nitrogens is 2. The lowest BCUT2D eigenvalue weighted by Crippen LogP contribution is -2.19.